The van der Waals surface area contributed by atoms with Crippen molar-refractivity contribution >= 4 is 11.8 Å². The summed E-state index contributed by atoms with van der Waals surface area (Å²) in [6.07, 6.45) is 0.130. The lowest BCUT2D eigenvalue weighted by molar-refractivity contribution is -0.137. The Morgan fingerprint density at radius 1 is 1.25 bits per heavy atom. The van der Waals surface area contributed by atoms with Crippen LogP contribution in [-0.2, 0) is 4.79 Å². The summed E-state index contributed by atoms with van der Waals surface area (Å²) >= 11 is 0. The highest BCUT2D eigenvalue weighted by Crippen LogP contribution is 2.13. The minimum atomic E-state index is -0.917. The summed E-state index contributed by atoms with van der Waals surface area (Å²) in [5, 5.41) is 8.54. The van der Waals surface area contributed by atoms with E-state index < -0.39 is 11.8 Å². The molecule has 1 rings (SSSR count). The molecular weight excluding hydrogens is 211 g/mol. The molecule has 0 spiro atoms. The van der Waals surface area contributed by atoms with Crippen molar-refractivity contribution in [1.29, 1.82) is 0 Å². The summed E-state index contributed by atoms with van der Waals surface area (Å²) < 4.78 is 12.6. The Morgan fingerprint density at radius 3 is 2.31 bits per heavy atom. The van der Waals surface area contributed by atoms with E-state index in [1.165, 1.54) is 24.3 Å². The highest BCUT2D eigenvalue weighted by Gasteiger charge is 2.13. The Morgan fingerprint density at radius 2 is 1.81 bits per heavy atom. The van der Waals surface area contributed by atoms with E-state index in [0.717, 1.165) is 0 Å². The monoisotopic (exact) mass is 224 g/mol. The van der Waals surface area contributed by atoms with Crippen molar-refractivity contribution in [3.05, 3.63) is 35.6 Å². The number of hydrogen-bond donors (Lipinski definition) is 1. The molecule has 1 atom stereocenters. The maximum atomic E-state index is 12.6. The molecule has 1 aromatic carbocycles. The smallest absolute Gasteiger partial charge is 0.303 e. The van der Waals surface area contributed by atoms with Crippen molar-refractivity contribution in [3.8, 4) is 0 Å². The third-order valence-electron chi connectivity index (χ3n) is 2.22. The van der Waals surface area contributed by atoms with Gasteiger partial charge in [0, 0.05) is 18.4 Å². The second-order valence-corrected chi connectivity index (χ2v) is 3.84. The lowest BCUT2D eigenvalue weighted by atomic mass is 9.97. The van der Waals surface area contributed by atoms with Gasteiger partial charge < -0.3 is 5.11 Å². The zero-order chi connectivity index (χ0) is 12.1. The largest absolute Gasteiger partial charge is 0.481 e. The average molecular weight is 224 g/mol. The number of hydrogen-bond acceptors (Lipinski definition) is 2. The highest BCUT2D eigenvalue weighted by molar-refractivity contribution is 5.96. The van der Waals surface area contributed by atoms with E-state index in [2.05, 4.69) is 0 Å². The van der Waals surface area contributed by atoms with Crippen LogP contribution in [0.1, 0.15) is 30.1 Å². The predicted molar refractivity (Wildman–Crippen MR) is 56.8 cm³/mol. The number of halogens is 1. The van der Waals surface area contributed by atoms with Crippen molar-refractivity contribution in [2.45, 2.75) is 19.8 Å². The Hall–Kier alpha value is -1.71. The molecule has 0 unspecified atom stereocenters. The van der Waals surface area contributed by atoms with Gasteiger partial charge in [0.1, 0.15) is 5.82 Å². The van der Waals surface area contributed by atoms with E-state index in [4.69, 9.17) is 5.11 Å². The molecule has 86 valence electrons. The Labute approximate surface area is 92.9 Å². The van der Waals surface area contributed by atoms with Gasteiger partial charge >= 0.3 is 5.97 Å². The van der Waals surface area contributed by atoms with Gasteiger partial charge in [0.05, 0.1) is 0 Å². The summed E-state index contributed by atoms with van der Waals surface area (Å²) in [6.45, 7) is 1.70. The molecular formula is C12H13FO3. The molecule has 0 aliphatic heterocycles. The second kappa shape index (κ2) is 5.39. The number of carbonyl (C=O) groups is 2. The number of aliphatic carboxylic acids is 1. The highest BCUT2D eigenvalue weighted by atomic mass is 19.1. The summed E-state index contributed by atoms with van der Waals surface area (Å²) in [7, 11) is 0. The predicted octanol–water partition coefficient (Wildman–Crippen LogP) is 2.51. The zero-order valence-corrected chi connectivity index (χ0v) is 8.94. The molecule has 0 amide bonds. The normalized spacial score (nSPS) is 12.1. The molecule has 3 nitrogen and oxygen atoms in total. The van der Waals surface area contributed by atoms with Gasteiger partial charge in [-0.1, -0.05) is 6.92 Å². The van der Waals surface area contributed by atoms with Crippen molar-refractivity contribution < 1.29 is 19.1 Å². The van der Waals surface area contributed by atoms with E-state index in [0.29, 0.717) is 5.56 Å². The van der Waals surface area contributed by atoms with Gasteiger partial charge in [-0.25, -0.2) is 4.39 Å². The Kier molecular flexibility index (Phi) is 4.17. The number of carbonyl (C=O) groups excluding carboxylic acids is 1. The van der Waals surface area contributed by atoms with Gasteiger partial charge in [-0.2, -0.15) is 0 Å². The summed E-state index contributed by atoms with van der Waals surface area (Å²) in [5.74, 6) is -1.68. The first-order valence-corrected chi connectivity index (χ1v) is 4.99. The quantitative estimate of drug-likeness (QED) is 0.782. The number of Topliss-reactive ketones (excluding diaryl/α,β-unsaturated/α-hetero) is 1. The lowest BCUT2D eigenvalue weighted by Crippen LogP contribution is -2.10. The van der Waals surface area contributed by atoms with E-state index in [9.17, 15) is 14.0 Å². The SMILES string of the molecule is C[C@H](CC(=O)O)CC(=O)c1ccc(F)cc1. The van der Waals surface area contributed by atoms with Crippen LogP contribution in [0, 0.1) is 11.7 Å². The summed E-state index contributed by atoms with van der Waals surface area (Å²) in [4.78, 5) is 22.0. The number of carboxylic acid groups (broad SMARTS) is 1. The molecule has 0 aromatic heterocycles. The molecule has 0 aliphatic rings. The van der Waals surface area contributed by atoms with Crippen molar-refractivity contribution in [3.63, 3.8) is 0 Å². The maximum absolute atomic E-state index is 12.6. The van der Waals surface area contributed by atoms with Gasteiger partial charge in [-0.05, 0) is 30.2 Å². The maximum Gasteiger partial charge on any atom is 0.303 e. The van der Waals surface area contributed by atoms with Crippen LogP contribution >= 0.6 is 0 Å². The van der Waals surface area contributed by atoms with Gasteiger partial charge in [-0.3, -0.25) is 9.59 Å². The molecule has 1 aromatic rings. The molecule has 0 saturated heterocycles. The van der Waals surface area contributed by atoms with Crippen LogP contribution in [0.25, 0.3) is 0 Å². The van der Waals surface area contributed by atoms with Crippen LogP contribution < -0.4 is 0 Å². The van der Waals surface area contributed by atoms with Crippen LogP contribution in [-0.4, -0.2) is 16.9 Å². The lowest BCUT2D eigenvalue weighted by Gasteiger charge is -2.07. The molecule has 0 aliphatic carbocycles. The van der Waals surface area contributed by atoms with Crippen LogP contribution in [0.5, 0.6) is 0 Å². The Bertz CT molecular complexity index is 384. The van der Waals surface area contributed by atoms with Crippen LogP contribution in [0.2, 0.25) is 0 Å². The van der Waals surface area contributed by atoms with E-state index in [1.807, 2.05) is 0 Å². The number of rotatable bonds is 5. The third kappa shape index (κ3) is 3.81. The standard InChI is InChI=1S/C12H13FO3/c1-8(7-12(15)16)6-11(14)9-2-4-10(13)5-3-9/h2-5,8H,6-7H2,1H3,(H,15,16)/t8-/m0/s1. The van der Waals surface area contributed by atoms with Gasteiger partial charge in [0.15, 0.2) is 5.78 Å². The first-order chi connectivity index (χ1) is 7.49. The number of carboxylic acids is 1. The summed E-state index contributed by atoms with van der Waals surface area (Å²) in [6, 6.07) is 5.25. The topological polar surface area (TPSA) is 54.4 Å². The number of benzene rings is 1. The molecule has 4 heteroatoms. The van der Waals surface area contributed by atoms with Gasteiger partial charge in [0.2, 0.25) is 0 Å². The first kappa shape index (κ1) is 12.4. The van der Waals surface area contributed by atoms with Crippen molar-refractivity contribution in [1.82, 2.24) is 0 Å². The Balaban J connectivity index is 2.58. The molecule has 0 saturated carbocycles. The average Bonchev–Trinajstić information content (AvgIpc) is 2.16. The van der Waals surface area contributed by atoms with Crippen molar-refractivity contribution in [2.24, 2.45) is 5.92 Å². The minimum Gasteiger partial charge on any atom is -0.481 e. The van der Waals surface area contributed by atoms with Crippen LogP contribution in [0.15, 0.2) is 24.3 Å². The fourth-order valence-corrected chi connectivity index (χ4v) is 1.44. The summed E-state index contributed by atoms with van der Waals surface area (Å²) in [5.41, 5.74) is 0.415. The number of ketones is 1. The molecule has 1 N–H and O–H groups in total. The first-order valence-electron chi connectivity index (χ1n) is 4.99. The van der Waals surface area contributed by atoms with E-state index in [-0.39, 0.29) is 24.5 Å². The third-order valence-corrected chi connectivity index (χ3v) is 2.22. The molecule has 0 bridgehead atoms. The van der Waals surface area contributed by atoms with Crippen LogP contribution in [0.4, 0.5) is 4.39 Å². The fraction of sp³-hybridized carbons (Fsp3) is 0.333. The van der Waals surface area contributed by atoms with Crippen LogP contribution in [0.3, 0.4) is 0 Å². The molecule has 0 heterocycles. The second-order valence-electron chi connectivity index (χ2n) is 3.84. The van der Waals surface area contributed by atoms with E-state index in [1.54, 1.807) is 6.92 Å². The van der Waals surface area contributed by atoms with Gasteiger partial charge in [0.25, 0.3) is 0 Å². The van der Waals surface area contributed by atoms with Gasteiger partial charge in [-0.15, -0.1) is 0 Å². The molecule has 0 fully saturated rings. The van der Waals surface area contributed by atoms with Crippen molar-refractivity contribution in [2.75, 3.05) is 0 Å². The molecule has 16 heavy (non-hydrogen) atoms. The minimum absolute atomic E-state index is 0.0348. The molecule has 0 radical (unpaired) electrons. The van der Waals surface area contributed by atoms with E-state index >= 15 is 0 Å². The fourth-order valence-electron chi connectivity index (χ4n) is 1.44. The zero-order valence-electron chi connectivity index (χ0n) is 8.94.